The van der Waals surface area contributed by atoms with Crippen LogP contribution in [0.2, 0.25) is 0 Å². The number of methoxy groups -OCH3 is 1. The summed E-state index contributed by atoms with van der Waals surface area (Å²) in [5, 5.41) is 0. The van der Waals surface area contributed by atoms with Crippen LogP contribution in [0.3, 0.4) is 0 Å². The standard InChI is InChI=1S/C9H22BN2O4P/c1-11(2)17(13,15-4)12-5-8(7-14-3)16-9(10)6-12/h8-9H,5-7,10H2,1-4H3. The van der Waals surface area contributed by atoms with Crippen LogP contribution in [0.1, 0.15) is 0 Å². The van der Waals surface area contributed by atoms with Gasteiger partial charge >= 0.3 is 7.67 Å². The van der Waals surface area contributed by atoms with Crippen LogP contribution in [0.5, 0.6) is 0 Å². The number of hydrogen-bond donors (Lipinski definition) is 0. The predicted molar refractivity (Wildman–Crippen MR) is 69.0 cm³/mol. The van der Waals surface area contributed by atoms with E-state index in [9.17, 15) is 4.57 Å². The number of hydrogen-bond acceptors (Lipinski definition) is 4. The van der Waals surface area contributed by atoms with Crippen LogP contribution in [0.25, 0.3) is 0 Å². The van der Waals surface area contributed by atoms with E-state index in [0.29, 0.717) is 19.7 Å². The molecule has 0 saturated carbocycles. The van der Waals surface area contributed by atoms with Crippen molar-refractivity contribution >= 4 is 15.5 Å². The highest BCUT2D eigenvalue weighted by molar-refractivity contribution is 7.53. The third kappa shape index (κ3) is 3.53. The molecule has 6 nitrogen and oxygen atoms in total. The Morgan fingerprint density at radius 2 is 2.12 bits per heavy atom. The lowest BCUT2D eigenvalue weighted by Crippen LogP contribution is -2.49. The molecule has 0 aromatic heterocycles. The summed E-state index contributed by atoms with van der Waals surface area (Å²) in [4.78, 5) is 0. The summed E-state index contributed by atoms with van der Waals surface area (Å²) in [6.07, 6.45) is -0.0628. The fourth-order valence-electron chi connectivity index (χ4n) is 2.04. The Morgan fingerprint density at radius 3 is 2.59 bits per heavy atom. The summed E-state index contributed by atoms with van der Waals surface area (Å²) in [5.41, 5.74) is 0. The number of ether oxygens (including phenoxy) is 2. The van der Waals surface area contributed by atoms with E-state index in [1.165, 1.54) is 7.11 Å². The zero-order valence-electron chi connectivity index (χ0n) is 11.3. The molecule has 3 atom stereocenters. The first-order chi connectivity index (χ1) is 7.93. The topological polar surface area (TPSA) is 51.2 Å². The predicted octanol–water partition coefficient (Wildman–Crippen LogP) is -0.391. The molecule has 1 fully saturated rings. The summed E-state index contributed by atoms with van der Waals surface area (Å²) in [5.74, 6) is 0. The van der Waals surface area contributed by atoms with Crippen molar-refractivity contribution in [2.75, 3.05) is 48.0 Å². The molecule has 1 heterocycles. The highest BCUT2D eigenvalue weighted by atomic mass is 31.2. The van der Waals surface area contributed by atoms with Crippen molar-refractivity contribution in [3.05, 3.63) is 0 Å². The summed E-state index contributed by atoms with van der Waals surface area (Å²) < 4.78 is 32.2. The lowest BCUT2D eigenvalue weighted by molar-refractivity contribution is -0.0626. The van der Waals surface area contributed by atoms with Crippen molar-refractivity contribution in [2.24, 2.45) is 0 Å². The van der Waals surface area contributed by atoms with Crippen molar-refractivity contribution < 1.29 is 18.6 Å². The third-order valence-corrected chi connectivity index (χ3v) is 5.29. The Bertz CT molecular complexity index is 292. The molecule has 3 unspecified atom stereocenters. The van der Waals surface area contributed by atoms with Gasteiger partial charge in [0.15, 0.2) is 0 Å². The SMILES string of the molecule is BC1CN(P(=O)(OC)N(C)C)CC(COC)O1. The van der Waals surface area contributed by atoms with Gasteiger partial charge in [0.05, 0.1) is 12.7 Å². The van der Waals surface area contributed by atoms with Gasteiger partial charge in [-0.05, 0) is 14.1 Å². The van der Waals surface area contributed by atoms with Gasteiger partial charge in [-0.3, -0.25) is 4.57 Å². The van der Waals surface area contributed by atoms with Crippen LogP contribution < -0.4 is 0 Å². The fraction of sp³-hybridized carbons (Fsp3) is 1.00. The Hall–Kier alpha value is 0.0949. The second-order valence-corrected chi connectivity index (χ2v) is 7.13. The fourth-order valence-corrected chi connectivity index (χ4v) is 3.93. The minimum Gasteiger partial charge on any atom is -0.382 e. The molecule has 0 aromatic rings. The normalized spacial score (nSPS) is 30.4. The molecule has 8 heteroatoms. The Labute approximate surface area is 104 Å². The lowest BCUT2D eigenvalue weighted by Gasteiger charge is -2.41. The molecule has 17 heavy (non-hydrogen) atoms. The molecular formula is C9H22BN2O4P. The first-order valence-electron chi connectivity index (χ1n) is 5.67. The van der Waals surface area contributed by atoms with Gasteiger partial charge in [0.1, 0.15) is 7.85 Å². The molecule has 0 aromatic carbocycles. The maximum atomic E-state index is 12.7. The van der Waals surface area contributed by atoms with Crippen molar-refractivity contribution in [1.29, 1.82) is 0 Å². The van der Waals surface area contributed by atoms with Crippen LogP contribution in [0, 0.1) is 0 Å². The minimum atomic E-state index is -2.91. The van der Waals surface area contributed by atoms with E-state index < -0.39 is 7.67 Å². The zero-order valence-corrected chi connectivity index (χ0v) is 12.1. The summed E-state index contributed by atoms with van der Waals surface area (Å²) >= 11 is 0. The van der Waals surface area contributed by atoms with Crippen molar-refractivity contribution in [3.8, 4) is 0 Å². The van der Waals surface area contributed by atoms with Crippen molar-refractivity contribution in [2.45, 2.75) is 12.1 Å². The Kier molecular flexibility index (Phi) is 5.63. The minimum absolute atomic E-state index is 0.0207. The van der Waals surface area contributed by atoms with E-state index in [-0.39, 0.29) is 12.1 Å². The average molecular weight is 264 g/mol. The number of rotatable bonds is 5. The summed E-state index contributed by atoms with van der Waals surface area (Å²) in [6.45, 7) is 1.66. The maximum Gasteiger partial charge on any atom is 0.345 e. The van der Waals surface area contributed by atoms with Crippen LogP contribution in [-0.2, 0) is 18.6 Å². The second-order valence-electron chi connectivity index (χ2n) is 4.42. The molecule has 1 aliphatic heterocycles. The van der Waals surface area contributed by atoms with Gasteiger partial charge in [-0.2, -0.15) is 0 Å². The van der Waals surface area contributed by atoms with Gasteiger partial charge in [0.2, 0.25) is 0 Å². The molecule has 0 spiro atoms. The van der Waals surface area contributed by atoms with E-state index in [1.807, 2.05) is 12.5 Å². The number of morpholine rings is 1. The highest BCUT2D eigenvalue weighted by Crippen LogP contribution is 2.52. The van der Waals surface area contributed by atoms with Crippen molar-refractivity contribution in [3.63, 3.8) is 0 Å². The average Bonchev–Trinajstić information content (AvgIpc) is 2.27. The van der Waals surface area contributed by atoms with Crippen LogP contribution in [0.4, 0.5) is 0 Å². The number of nitrogens with zero attached hydrogens (tertiary/aromatic N) is 2. The Morgan fingerprint density at radius 1 is 1.47 bits per heavy atom. The van der Waals surface area contributed by atoms with Gasteiger partial charge in [-0.1, -0.05) is 0 Å². The maximum absolute atomic E-state index is 12.7. The van der Waals surface area contributed by atoms with Gasteiger partial charge in [0, 0.05) is 33.3 Å². The van der Waals surface area contributed by atoms with Crippen LogP contribution >= 0.6 is 7.67 Å². The molecule has 0 bridgehead atoms. The largest absolute Gasteiger partial charge is 0.382 e. The quantitative estimate of drug-likeness (QED) is 0.498. The van der Waals surface area contributed by atoms with Crippen LogP contribution in [0.15, 0.2) is 0 Å². The lowest BCUT2D eigenvalue weighted by atomic mass is 9.98. The molecule has 0 radical (unpaired) electrons. The molecule has 100 valence electrons. The van der Waals surface area contributed by atoms with E-state index >= 15 is 0 Å². The first-order valence-corrected chi connectivity index (χ1v) is 7.20. The highest BCUT2D eigenvalue weighted by Gasteiger charge is 2.39. The van der Waals surface area contributed by atoms with Gasteiger partial charge < -0.3 is 14.0 Å². The molecule has 0 N–H and O–H groups in total. The second kappa shape index (κ2) is 6.32. The Balaban J connectivity index is 2.78. The third-order valence-electron chi connectivity index (χ3n) is 2.76. The summed E-state index contributed by atoms with van der Waals surface area (Å²) in [6, 6.07) is 0.0207. The van der Waals surface area contributed by atoms with Gasteiger partial charge in [0.25, 0.3) is 0 Å². The van der Waals surface area contributed by atoms with E-state index in [0.717, 1.165) is 0 Å². The van der Waals surface area contributed by atoms with Gasteiger partial charge in [-0.15, -0.1) is 0 Å². The van der Waals surface area contributed by atoms with E-state index in [1.54, 1.807) is 25.9 Å². The van der Waals surface area contributed by atoms with E-state index in [4.69, 9.17) is 14.0 Å². The van der Waals surface area contributed by atoms with Gasteiger partial charge in [-0.25, -0.2) is 9.34 Å². The molecule has 1 aliphatic rings. The molecule has 1 rings (SSSR count). The monoisotopic (exact) mass is 264 g/mol. The molecule has 0 amide bonds. The molecule has 0 aliphatic carbocycles. The molecular weight excluding hydrogens is 242 g/mol. The molecule has 1 saturated heterocycles. The van der Waals surface area contributed by atoms with Crippen LogP contribution in [-0.4, -0.2) is 77.3 Å². The first kappa shape index (κ1) is 15.2. The van der Waals surface area contributed by atoms with E-state index in [2.05, 4.69) is 0 Å². The zero-order chi connectivity index (χ0) is 13.1. The smallest absolute Gasteiger partial charge is 0.345 e. The summed E-state index contributed by atoms with van der Waals surface area (Å²) in [7, 11) is 5.68. The van der Waals surface area contributed by atoms with Crippen molar-refractivity contribution in [1.82, 2.24) is 9.34 Å².